The molecule has 0 spiro atoms. The van der Waals surface area contributed by atoms with Gasteiger partial charge in [0.2, 0.25) is 0 Å². The van der Waals surface area contributed by atoms with Crippen LogP contribution >= 0.6 is 0 Å². The van der Waals surface area contributed by atoms with E-state index in [0.717, 1.165) is 30.4 Å². The van der Waals surface area contributed by atoms with Gasteiger partial charge < -0.3 is 9.84 Å². The Bertz CT molecular complexity index is 745. The third-order valence-corrected chi connectivity index (χ3v) is 4.14. The number of ether oxygens (including phenoxy) is 1. The van der Waals surface area contributed by atoms with Gasteiger partial charge in [-0.3, -0.25) is 4.79 Å². The number of aromatic carboxylic acids is 1. The minimum absolute atomic E-state index is 0.0885. The van der Waals surface area contributed by atoms with E-state index < -0.39 is 5.97 Å². The molecule has 0 aliphatic carbocycles. The summed E-state index contributed by atoms with van der Waals surface area (Å²) in [6.07, 6.45) is 4.39. The molecular weight excluding hydrogens is 328 g/mol. The smallest absolute Gasteiger partial charge is 0.335 e. The van der Waals surface area contributed by atoms with Crippen LogP contribution in [0.2, 0.25) is 0 Å². The summed E-state index contributed by atoms with van der Waals surface area (Å²) >= 11 is 0. The number of hydrogen-bond acceptors (Lipinski definition) is 3. The van der Waals surface area contributed by atoms with Crippen molar-refractivity contribution < 1.29 is 19.4 Å². The van der Waals surface area contributed by atoms with Crippen molar-refractivity contribution in [3.8, 4) is 11.1 Å². The van der Waals surface area contributed by atoms with Gasteiger partial charge >= 0.3 is 11.9 Å². The fraction of sp³-hybridized carbons (Fsp3) is 0.273. The van der Waals surface area contributed by atoms with Gasteiger partial charge in [0.1, 0.15) is 0 Å². The summed E-state index contributed by atoms with van der Waals surface area (Å²) in [5.41, 5.74) is 3.55. The van der Waals surface area contributed by atoms with Crippen LogP contribution in [0.25, 0.3) is 11.1 Å². The normalized spacial score (nSPS) is 11.6. The first-order valence-corrected chi connectivity index (χ1v) is 8.72. The highest BCUT2D eigenvalue weighted by Gasteiger charge is 2.08. The van der Waals surface area contributed by atoms with Crippen molar-refractivity contribution in [2.24, 2.45) is 0 Å². The molecule has 1 N–H and O–H groups in total. The molecule has 136 valence electrons. The predicted octanol–water partition coefficient (Wildman–Crippen LogP) is 4.88. The monoisotopic (exact) mass is 352 g/mol. The number of carboxylic acids is 1. The average Bonchev–Trinajstić information content (AvgIpc) is 2.62. The van der Waals surface area contributed by atoms with Gasteiger partial charge in [-0.1, -0.05) is 42.5 Å². The third kappa shape index (κ3) is 5.88. The number of rotatable bonds is 9. The Kier molecular flexibility index (Phi) is 7.15. The highest BCUT2D eigenvalue weighted by Crippen LogP contribution is 2.21. The molecule has 0 amide bonds. The van der Waals surface area contributed by atoms with E-state index in [1.54, 1.807) is 18.2 Å². The maximum atomic E-state index is 11.4. The second-order valence-corrected chi connectivity index (χ2v) is 6.26. The van der Waals surface area contributed by atoms with Crippen LogP contribution in [0.3, 0.4) is 0 Å². The van der Waals surface area contributed by atoms with E-state index >= 15 is 0 Å². The molecule has 0 saturated heterocycles. The summed E-state index contributed by atoms with van der Waals surface area (Å²) in [6.45, 7) is 5.43. The first kappa shape index (κ1) is 19.4. The molecule has 26 heavy (non-hydrogen) atoms. The molecule has 0 bridgehead atoms. The highest BCUT2D eigenvalue weighted by molar-refractivity contribution is 5.88. The van der Waals surface area contributed by atoms with Crippen molar-refractivity contribution in [1.29, 1.82) is 0 Å². The highest BCUT2D eigenvalue weighted by atomic mass is 16.5. The van der Waals surface area contributed by atoms with Gasteiger partial charge in [-0.2, -0.15) is 0 Å². The van der Waals surface area contributed by atoms with Crippen LogP contribution in [-0.4, -0.2) is 23.1 Å². The fourth-order valence-corrected chi connectivity index (χ4v) is 2.71. The molecule has 2 rings (SSSR count). The molecule has 1 unspecified atom stereocenters. The van der Waals surface area contributed by atoms with Crippen LogP contribution in [-0.2, 0) is 16.0 Å². The summed E-state index contributed by atoms with van der Waals surface area (Å²) in [7, 11) is 0. The maximum Gasteiger partial charge on any atom is 0.335 e. The Balaban J connectivity index is 1.84. The van der Waals surface area contributed by atoms with Crippen molar-refractivity contribution in [3.05, 3.63) is 72.3 Å². The molecule has 4 heteroatoms. The first-order chi connectivity index (χ1) is 12.5. The molecule has 2 aromatic carbocycles. The van der Waals surface area contributed by atoms with Gasteiger partial charge in [-0.15, -0.1) is 6.58 Å². The SMILES string of the molecule is C=CCC(=O)OC(C)CCCc1ccc(-c2ccc(C(=O)O)cc2)cc1. The van der Waals surface area contributed by atoms with E-state index in [0.29, 0.717) is 0 Å². The lowest BCUT2D eigenvalue weighted by molar-refractivity contribution is -0.147. The molecule has 0 aliphatic rings. The van der Waals surface area contributed by atoms with Gasteiger partial charge in [0.15, 0.2) is 0 Å². The number of benzene rings is 2. The lowest BCUT2D eigenvalue weighted by Gasteiger charge is -2.12. The van der Waals surface area contributed by atoms with Crippen molar-refractivity contribution in [1.82, 2.24) is 0 Å². The minimum Gasteiger partial charge on any atom is -0.478 e. The third-order valence-electron chi connectivity index (χ3n) is 4.14. The van der Waals surface area contributed by atoms with Crippen molar-refractivity contribution in [2.75, 3.05) is 0 Å². The maximum absolute atomic E-state index is 11.4. The predicted molar refractivity (Wildman–Crippen MR) is 102 cm³/mol. The van der Waals surface area contributed by atoms with E-state index in [1.807, 2.05) is 31.2 Å². The average molecular weight is 352 g/mol. The van der Waals surface area contributed by atoms with Gasteiger partial charge in [0.25, 0.3) is 0 Å². The van der Waals surface area contributed by atoms with E-state index in [-0.39, 0.29) is 24.1 Å². The summed E-state index contributed by atoms with van der Waals surface area (Å²) in [6, 6.07) is 15.1. The second kappa shape index (κ2) is 9.56. The molecular formula is C22H24O4. The zero-order valence-electron chi connectivity index (χ0n) is 15.0. The largest absolute Gasteiger partial charge is 0.478 e. The standard InChI is InChI=1S/C22H24O4/c1-3-5-21(23)26-16(2)6-4-7-17-8-10-18(11-9-17)19-12-14-20(15-13-19)22(24)25/h3,8-16H,1,4-7H2,2H3,(H,24,25). The molecule has 0 aliphatic heterocycles. The summed E-state index contributed by atoms with van der Waals surface area (Å²) in [5.74, 6) is -1.15. The van der Waals surface area contributed by atoms with Crippen LogP contribution in [0.1, 0.15) is 42.1 Å². The minimum atomic E-state index is -0.920. The number of carbonyl (C=O) groups is 2. The van der Waals surface area contributed by atoms with Crippen LogP contribution < -0.4 is 0 Å². The fourth-order valence-electron chi connectivity index (χ4n) is 2.71. The van der Waals surface area contributed by atoms with Gasteiger partial charge in [-0.05, 0) is 55.0 Å². The van der Waals surface area contributed by atoms with Crippen molar-refractivity contribution >= 4 is 11.9 Å². The first-order valence-electron chi connectivity index (χ1n) is 8.72. The molecule has 2 aromatic rings. The topological polar surface area (TPSA) is 63.6 Å². The molecule has 1 atom stereocenters. The Morgan fingerprint density at radius 1 is 1.08 bits per heavy atom. The Morgan fingerprint density at radius 2 is 1.65 bits per heavy atom. The van der Waals surface area contributed by atoms with Crippen molar-refractivity contribution in [2.45, 2.75) is 38.7 Å². The number of carboxylic acid groups (broad SMARTS) is 1. The van der Waals surface area contributed by atoms with Gasteiger partial charge in [0, 0.05) is 0 Å². The van der Waals surface area contributed by atoms with Crippen LogP contribution in [0, 0.1) is 0 Å². The van der Waals surface area contributed by atoms with Crippen molar-refractivity contribution in [3.63, 3.8) is 0 Å². The number of aryl methyl sites for hydroxylation is 1. The lowest BCUT2D eigenvalue weighted by atomic mass is 10.0. The summed E-state index contributed by atoms with van der Waals surface area (Å²) < 4.78 is 5.28. The molecule has 0 heterocycles. The van der Waals surface area contributed by atoms with Gasteiger partial charge in [0.05, 0.1) is 18.1 Å². The molecule has 0 aromatic heterocycles. The van der Waals surface area contributed by atoms with E-state index in [2.05, 4.69) is 18.7 Å². The number of hydrogen-bond donors (Lipinski definition) is 1. The second-order valence-electron chi connectivity index (χ2n) is 6.26. The van der Waals surface area contributed by atoms with Crippen LogP contribution in [0.4, 0.5) is 0 Å². The van der Waals surface area contributed by atoms with E-state index in [1.165, 1.54) is 5.56 Å². The zero-order chi connectivity index (χ0) is 18.9. The zero-order valence-corrected chi connectivity index (χ0v) is 15.0. The molecule has 0 radical (unpaired) electrons. The Labute approximate surface area is 154 Å². The Morgan fingerprint density at radius 3 is 2.19 bits per heavy atom. The molecule has 0 fully saturated rings. The summed E-state index contributed by atoms with van der Waals surface area (Å²) in [5, 5.41) is 8.95. The lowest BCUT2D eigenvalue weighted by Crippen LogP contribution is -2.14. The molecule has 4 nitrogen and oxygen atoms in total. The van der Waals surface area contributed by atoms with Crippen LogP contribution in [0.15, 0.2) is 61.2 Å². The van der Waals surface area contributed by atoms with E-state index in [9.17, 15) is 9.59 Å². The van der Waals surface area contributed by atoms with E-state index in [4.69, 9.17) is 9.84 Å². The summed E-state index contributed by atoms with van der Waals surface area (Å²) in [4.78, 5) is 22.3. The Hall–Kier alpha value is -2.88. The quantitative estimate of drug-likeness (QED) is 0.516. The van der Waals surface area contributed by atoms with Gasteiger partial charge in [-0.25, -0.2) is 4.79 Å². The van der Waals surface area contributed by atoms with Crippen LogP contribution in [0.5, 0.6) is 0 Å². The number of esters is 1. The molecule has 0 saturated carbocycles. The number of carbonyl (C=O) groups excluding carboxylic acids is 1.